The largest absolute Gasteiger partial charge is 0.497 e. The predicted molar refractivity (Wildman–Crippen MR) is 134 cm³/mol. The van der Waals surface area contributed by atoms with E-state index in [1.807, 2.05) is 6.07 Å². The molecule has 1 N–H and O–H groups in total. The van der Waals surface area contributed by atoms with Crippen LogP contribution in [0.5, 0.6) is 17.2 Å². The third-order valence-electron chi connectivity index (χ3n) is 4.78. The number of nitriles is 1. The molecular weight excluding hydrogens is 534 g/mol. The summed E-state index contributed by atoms with van der Waals surface area (Å²) in [6.07, 6.45) is 1.32. The molecule has 11 heteroatoms. The number of halogens is 1. The minimum Gasteiger partial charge on any atom is -0.497 e. The summed E-state index contributed by atoms with van der Waals surface area (Å²) in [7, 11) is 2.90. The number of carbonyl (C=O) groups excluding carboxylic acids is 2. The molecule has 0 saturated heterocycles. The van der Waals surface area contributed by atoms with Gasteiger partial charge in [-0.2, -0.15) is 5.26 Å². The van der Waals surface area contributed by atoms with Crippen molar-refractivity contribution < 1.29 is 28.7 Å². The molecular formula is C25H18BrN3O7. The van der Waals surface area contributed by atoms with Gasteiger partial charge in [-0.05, 0) is 76.1 Å². The normalized spacial score (nSPS) is 10.7. The van der Waals surface area contributed by atoms with Gasteiger partial charge in [0.15, 0.2) is 11.5 Å². The van der Waals surface area contributed by atoms with Crippen LogP contribution >= 0.6 is 15.9 Å². The van der Waals surface area contributed by atoms with E-state index in [-0.39, 0.29) is 28.4 Å². The lowest BCUT2D eigenvalue weighted by molar-refractivity contribution is -0.384. The average molecular weight is 552 g/mol. The van der Waals surface area contributed by atoms with Gasteiger partial charge in [-0.3, -0.25) is 14.9 Å². The SMILES string of the molecule is COc1ccc(C(=O)Oc2c(Br)cc(/C=C(/C#N)C(=O)Nc3ccc([N+](=O)[O-])cc3)cc2OC)cc1. The van der Waals surface area contributed by atoms with E-state index in [0.717, 1.165) is 0 Å². The number of nitrogens with one attached hydrogen (secondary N) is 1. The Labute approximate surface area is 214 Å². The summed E-state index contributed by atoms with van der Waals surface area (Å²) in [5.74, 6) is -0.446. The molecule has 0 atom stereocenters. The molecule has 0 radical (unpaired) electrons. The molecule has 182 valence electrons. The highest BCUT2D eigenvalue weighted by Gasteiger charge is 2.18. The summed E-state index contributed by atoms with van der Waals surface area (Å²) in [5.41, 5.74) is 0.632. The van der Waals surface area contributed by atoms with Crippen LogP contribution in [0.4, 0.5) is 11.4 Å². The number of benzene rings is 3. The highest BCUT2D eigenvalue weighted by atomic mass is 79.9. The van der Waals surface area contributed by atoms with Crippen molar-refractivity contribution >= 4 is 45.3 Å². The van der Waals surface area contributed by atoms with Gasteiger partial charge in [-0.15, -0.1) is 0 Å². The van der Waals surface area contributed by atoms with Crippen LogP contribution < -0.4 is 19.5 Å². The topological polar surface area (TPSA) is 141 Å². The van der Waals surface area contributed by atoms with Crippen molar-refractivity contribution in [2.75, 3.05) is 19.5 Å². The number of nitrogens with zero attached hydrogens (tertiary/aromatic N) is 2. The van der Waals surface area contributed by atoms with Gasteiger partial charge in [-0.1, -0.05) is 0 Å². The Hall–Kier alpha value is -4.69. The minimum atomic E-state index is -0.712. The second kappa shape index (κ2) is 11.6. The molecule has 0 aliphatic rings. The highest BCUT2D eigenvalue weighted by molar-refractivity contribution is 9.10. The second-order valence-corrected chi connectivity index (χ2v) is 7.93. The molecule has 0 bridgehead atoms. The number of carbonyl (C=O) groups is 2. The third-order valence-corrected chi connectivity index (χ3v) is 5.37. The van der Waals surface area contributed by atoms with E-state index in [2.05, 4.69) is 21.2 Å². The maximum absolute atomic E-state index is 12.6. The van der Waals surface area contributed by atoms with E-state index in [1.165, 1.54) is 50.6 Å². The number of amides is 1. The van der Waals surface area contributed by atoms with Gasteiger partial charge in [0.1, 0.15) is 17.4 Å². The summed E-state index contributed by atoms with van der Waals surface area (Å²) >= 11 is 3.34. The maximum Gasteiger partial charge on any atom is 0.343 e. The molecule has 0 aromatic heterocycles. The Morgan fingerprint density at radius 3 is 2.28 bits per heavy atom. The smallest absolute Gasteiger partial charge is 0.343 e. The molecule has 0 aliphatic heterocycles. The standard InChI is InChI=1S/C25H18BrN3O7/c1-34-20-9-3-16(4-10-20)25(31)36-23-21(26)12-15(13-22(23)35-2)11-17(14-27)24(30)28-18-5-7-19(8-6-18)29(32)33/h3-13H,1-2H3,(H,28,30)/b17-11-. The van der Waals surface area contributed by atoms with E-state index in [1.54, 1.807) is 30.3 Å². The summed E-state index contributed by atoms with van der Waals surface area (Å²) in [6.45, 7) is 0. The van der Waals surface area contributed by atoms with Crippen LogP contribution in [0.1, 0.15) is 15.9 Å². The fourth-order valence-corrected chi connectivity index (χ4v) is 3.52. The Morgan fingerprint density at radius 1 is 1.06 bits per heavy atom. The number of rotatable bonds is 8. The number of non-ortho nitro benzene ring substituents is 1. The Bertz CT molecular complexity index is 1380. The fourth-order valence-electron chi connectivity index (χ4n) is 2.98. The van der Waals surface area contributed by atoms with Gasteiger partial charge in [0.05, 0.1) is 29.2 Å². The zero-order chi connectivity index (χ0) is 26.2. The molecule has 3 aromatic rings. The predicted octanol–water partition coefficient (Wildman–Crippen LogP) is 5.14. The molecule has 1 amide bonds. The van der Waals surface area contributed by atoms with Gasteiger partial charge in [0.25, 0.3) is 11.6 Å². The first kappa shape index (κ1) is 25.9. The molecule has 0 saturated carbocycles. The Kier molecular flexibility index (Phi) is 8.38. The first-order valence-electron chi connectivity index (χ1n) is 10.2. The van der Waals surface area contributed by atoms with Gasteiger partial charge < -0.3 is 19.5 Å². The second-order valence-electron chi connectivity index (χ2n) is 7.08. The van der Waals surface area contributed by atoms with E-state index in [0.29, 0.717) is 21.3 Å². The zero-order valence-corrected chi connectivity index (χ0v) is 20.6. The monoisotopic (exact) mass is 551 g/mol. The van der Waals surface area contributed by atoms with Crippen LogP contribution in [0, 0.1) is 21.4 Å². The minimum absolute atomic E-state index is 0.115. The van der Waals surface area contributed by atoms with Crippen LogP contribution in [0.25, 0.3) is 6.08 Å². The van der Waals surface area contributed by atoms with Crippen molar-refractivity contribution in [1.29, 1.82) is 5.26 Å². The van der Waals surface area contributed by atoms with Crippen LogP contribution in [0.3, 0.4) is 0 Å². The molecule has 3 rings (SSSR count). The first-order chi connectivity index (χ1) is 17.2. The summed E-state index contributed by atoms with van der Waals surface area (Å²) in [5, 5.41) is 22.8. The molecule has 0 unspecified atom stereocenters. The van der Waals surface area contributed by atoms with Crippen LogP contribution in [0.2, 0.25) is 0 Å². The molecule has 0 fully saturated rings. The molecule has 3 aromatic carbocycles. The van der Waals surface area contributed by atoms with Gasteiger partial charge >= 0.3 is 5.97 Å². The van der Waals surface area contributed by atoms with Crippen LogP contribution in [0.15, 0.2) is 70.7 Å². The van der Waals surface area contributed by atoms with Crippen molar-refractivity contribution in [2.45, 2.75) is 0 Å². The van der Waals surface area contributed by atoms with Crippen LogP contribution in [-0.4, -0.2) is 31.0 Å². The Morgan fingerprint density at radius 2 is 1.72 bits per heavy atom. The van der Waals surface area contributed by atoms with Crippen molar-refractivity contribution in [2.24, 2.45) is 0 Å². The van der Waals surface area contributed by atoms with E-state index in [4.69, 9.17) is 14.2 Å². The maximum atomic E-state index is 12.6. The highest BCUT2D eigenvalue weighted by Crippen LogP contribution is 2.38. The van der Waals surface area contributed by atoms with Crippen LogP contribution in [-0.2, 0) is 4.79 Å². The van der Waals surface area contributed by atoms with E-state index < -0.39 is 16.8 Å². The first-order valence-corrected chi connectivity index (χ1v) is 11.0. The van der Waals surface area contributed by atoms with Crippen molar-refractivity contribution in [1.82, 2.24) is 0 Å². The lowest BCUT2D eigenvalue weighted by Gasteiger charge is -2.13. The van der Waals surface area contributed by atoms with Crippen molar-refractivity contribution in [3.05, 3.63) is 92.0 Å². The molecule has 0 heterocycles. The summed E-state index contributed by atoms with van der Waals surface area (Å²) < 4.78 is 16.3. The third kappa shape index (κ3) is 6.25. The van der Waals surface area contributed by atoms with Gasteiger partial charge in [0.2, 0.25) is 0 Å². The number of anilines is 1. The van der Waals surface area contributed by atoms with Gasteiger partial charge in [-0.25, -0.2) is 4.79 Å². The zero-order valence-electron chi connectivity index (χ0n) is 19.0. The molecule has 0 aliphatic carbocycles. The van der Waals surface area contributed by atoms with E-state index in [9.17, 15) is 25.0 Å². The molecule has 10 nitrogen and oxygen atoms in total. The number of esters is 1. The lowest BCUT2D eigenvalue weighted by atomic mass is 10.1. The number of nitro groups is 1. The van der Waals surface area contributed by atoms with Crippen molar-refractivity contribution in [3.63, 3.8) is 0 Å². The quantitative estimate of drug-likeness (QED) is 0.101. The lowest BCUT2D eigenvalue weighted by Crippen LogP contribution is -2.13. The summed E-state index contributed by atoms with van der Waals surface area (Å²) in [4.78, 5) is 35.4. The number of hydrogen-bond acceptors (Lipinski definition) is 8. The van der Waals surface area contributed by atoms with Gasteiger partial charge in [0, 0.05) is 17.8 Å². The Balaban J connectivity index is 1.82. The summed E-state index contributed by atoms with van der Waals surface area (Å²) in [6, 6.07) is 16.4. The number of hydrogen-bond donors (Lipinski definition) is 1. The van der Waals surface area contributed by atoms with Crippen molar-refractivity contribution in [3.8, 4) is 23.3 Å². The molecule has 0 spiro atoms. The van der Waals surface area contributed by atoms with E-state index >= 15 is 0 Å². The molecule has 36 heavy (non-hydrogen) atoms. The number of ether oxygens (including phenoxy) is 3. The average Bonchev–Trinajstić information content (AvgIpc) is 2.88. The number of methoxy groups -OCH3 is 2. The fraction of sp³-hybridized carbons (Fsp3) is 0.0800. The number of nitro benzene ring substituents is 1.